The maximum Gasteiger partial charge on any atom is 0.261 e. The third-order valence-corrected chi connectivity index (χ3v) is 6.30. The van der Waals surface area contributed by atoms with Crippen molar-refractivity contribution in [3.63, 3.8) is 0 Å². The Morgan fingerprint density at radius 3 is 2.39 bits per heavy atom. The topological polar surface area (TPSA) is 111 Å². The van der Waals surface area contributed by atoms with Gasteiger partial charge in [-0.3, -0.25) is 4.72 Å². The van der Waals surface area contributed by atoms with Crippen LogP contribution in [0.25, 0.3) is 11.5 Å². The summed E-state index contributed by atoms with van der Waals surface area (Å²) in [4.78, 5) is 4.53. The number of anilines is 1. The fourth-order valence-corrected chi connectivity index (χ4v) is 4.12. The second kappa shape index (κ2) is 7.54. The SMILES string of the molecule is Cc1ccccc1NS(=O)(=O)c1ccc(-c2nc(C3(N)CCC3)no2)cc1.Cl. The number of halogens is 1. The summed E-state index contributed by atoms with van der Waals surface area (Å²) in [5, 5.41) is 3.98. The van der Waals surface area contributed by atoms with Crippen LogP contribution in [0.2, 0.25) is 0 Å². The number of nitrogens with one attached hydrogen (secondary N) is 1. The highest BCUT2D eigenvalue weighted by atomic mass is 35.5. The molecule has 0 radical (unpaired) electrons. The molecule has 0 aliphatic heterocycles. The highest BCUT2D eigenvalue weighted by Gasteiger charge is 2.39. The molecule has 7 nitrogen and oxygen atoms in total. The monoisotopic (exact) mass is 420 g/mol. The van der Waals surface area contributed by atoms with Crippen molar-refractivity contribution in [2.45, 2.75) is 36.6 Å². The predicted octanol–water partition coefficient (Wildman–Crippen LogP) is 3.61. The second-order valence-electron chi connectivity index (χ2n) is 6.88. The fourth-order valence-electron chi connectivity index (χ4n) is 2.99. The van der Waals surface area contributed by atoms with Gasteiger partial charge in [-0.1, -0.05) is 23.4 Å². The Hall–Kier alpha value is -2.42. The molecule has 1 fully saturated rings. The number of nitrogens with two attached hydrogens (primary N) is 1. The van der Waals surface area contributed by atoms with Crippen LogP contribution in [0.15, 0.2) is 57.9 Å². The Labute approximate surface area is 169 Å². The van der Waals surface area contributed by atoms with E-state index in [-0.39, 0.29) is 17.3 Å². The third-order valence-electron chi connectivity index (χ3n) is 4.92. The van der Waals surface area contributed by atoms with E-state index in [1.54, 1.807) is 24.3 Å². The summed E-state index contributed by atoms with van der Waals surface area (Å²) >= 11 is 0. The van der Waals surface area contributed by atoms with Crippen molar-refractivity contribution < 1.29 is 12.9 Å². The number of hydrogen-bond acceptors (Lipinski definition) is 6. The number of rotatable bonds is 5. The van der Waals surface area contributed by atoms with Gasteiger partial charge in [-0.15, -0.1) is 12.4 Å². The van der Waals surface area contributed by atoms with Crippen molar-refractivity contribution in [3.05, 3.63) is 59.9 Å². The molecule has 3 N–H and O–H groups in total. The molecule has 1 heterocycles. The number of hydrogen-bond donors (Lipinski definition) is 2. The van der Waals surface area contributed by atoms with Crippen LogP contribution in [0.4, 0.5) is 5.69 Å². The van der Waals surface area contributed by atoms with Gasteiger partial charge in [-0.2, -0.15) is 4.98 Å². The summed E-state index contributed by atoms with van der Waals surface area (Å²) in [6, 6.07) is 13.5. The minimum absolute atomic E-state index is 0. The van der Waals surface area contributed by atoms with Gasteiger partial charge in [-0.05, 0) is 62.1 Å². The molecule has 3 aromatic rings. The van der Waals surface area contributed by atoms with E-state index in [9.17, 15) is 8.42 Å². The van der Waals surface area contributed by atoms with Gasteiger partial charge >= 0.3 is 0 Å². The molecule has 9 heteroatoms. The van der Waals surface area contributed by atoms with Crippen LogP contribution in [-0.2, 0) is 15.6 Å². The highest BCUT2D eigenvalue weighted by molar-refractivity contribution is 7.92. The zero-order valence-electron chi connectivity index (χ0n) is 15.3. The van der Waals surface area contributed by atoms with Gasteiger partial charge in [0, 0.05) is 5.56 Å². The number of benzene rings is 2. The van der Waals surface area contributed by atoms with Gasteiger partial charge in [0.05, 0.1) is 16.1 Å². The lowest BCUT2D eigenvalue weighted by Gasteiger charge is -2.34. The normalized spacial score (nSPS) is 15.4. The Balaban J connectivity index is 0.00000225. The summed E-state index contributed by atoms with van der Waals surface area (Å²) in [5.74, 6) is 0.833. The molecule has 1 saturated carbocycles. The van der Waals surface area contributed by atoms with E-state index in [1.165, 1.54) is 12.1 Å². The van der Waals surface area contributed by atoms with Gasteiger partial charge < -0.3 is 10.3 Å². The van der Waals surface area contributed by atoms with Gasteiger partial charge in [-0.25, -0.2) is 8.42 Å². The molecule has 0 amide bonds. The van der Waals surface area contributed by atoms with Gasteiger partial charge in [0.25, 0.3) is 15.9 Å². The lowest BCUT2D eigenvalue weighted by Crippen LogP contribution is -2.44. The van der Waals surface area contributed by atoms with E-state index in [2.05, 4.69) is 14.9 Å². The standard InChI is InChI=1S/C19H20N4O3S.ClH/c1-13-5-2-3-6-16(13)23-27(24,25)15-9-7-14(8-10-15)17-21-18(22-26-17)19(20)11-4-12-19;/h2-3,5-10,23H,4,11-12,20H2,1H3;1H. The molecule has 0 saturated heterocycles. The molecule has 28 heavy (non-hydrogen) atoms. The Kier molecular flexibility index (Phi) is 5.47. The Bertz CT molecular complexity index is 1080. The van der Waals surface area contributed by atoms with Gasteiger partial charge in [0.1, 0.15) is 0 Å². The number of sulfonamides is 1. The summed E-state index contributed by atoms with van der Waals surface area (Å²) < 4.78 is 33.1. The zero-order valence-corrected chi connectivity index (χ0v) is 16.9. The van der Waals surface area contributed by atoms with Crippen LogP contribution in [0.3, 0.4) is 0 Å². The summed E-state index contributed by atoms with van der Waals surface area (Å²) in [6.45, 7) is 1.85. The van der Waals surface area contributed by atoms with Crippen LogP contribution in [-0.4, -0.2) is 18.6 Å². The van der Waals surface area contributed by atoms with Crippen LogP contribution < -0.4 is 10.5 Å². The highest BCUT2D eigenvalue weighted by Crippen LogP contribution is 2.37. The van der Waals surface area contributed by atoms with Crippen LogP contribution in [0.5, 0.6) is 0 Å². The van der Waals surface area contributed by atoms with Crippen LogP contribution >= 0.6 is 12.4 Å². The first-order valence-electron chi connectivity index (χ1n) is 8.69. The number of aromatic nitrogens is 2. The molecule has 0 spiro atoms. The van der Waals surface area contributed by atoms with Crippen LogP contribution in [0, 0.1) is 6.92 Å². The first-order chi connectivity index (χ1) is 12.9. The lowest BCUT2D eigenvalue weighted by atomic mass is 9.77. The van der Waals surface area contributed by atoms with Crippen molar-refractivity contribution in [2.75, 3.05) is 4.72 Å². The van der Waals surface area contributed by atoms with Crippen molar-refractivity contribution in [3.8, 4) is 11.5 Å². The maximum atomic E-state index is 12.6. The van der Waals surface area contributed by atoms with E-state index in [0.29, 0.717) is 23.0 Å². The van der Waals surface area contributed by atoms with Crippen LogP contribution in [0.1, 0.15) is 30.7 Å². The molecule has 1 aliphatic rings. The number of nitrogens with zero attached hydrogens (tertiary/aromatic N) is 2. The largest absolute Gasteiger partial charge is 0.334 e. The van der Waals surface area contributed by atoms with Crippen molar-refractivity contribution in [1.29, 1.82) is 0 Å². The molecule has 2 aromatic carbocycles. The molecular formula is C19H21ClN4O3S. The summed E-state index contributed by atoms with van der Waals surface area (Å²) in [7, 11) is -3.68. The van der Waals surface area contributed by atoms with Gasteiger partial charge in [0.2, 0.25) is 0 Å². The maximum absolute atomic E-state index is 12.6. The molecule has 0 bridgehead atoms. The van der Waals surface area contributed by atoms with E-state index in [0.717, 1.165) is 24.8 Å². The second-order valence-corrected chi connectivity index (χ2v) is 8.56. The molecule has 148 valence electrons. The minimum atomic E-state index is -3.68. The third kappa shape index (κ3) is 3.76. The predicted molar refractivity (Wildman–Crippen MR) is 109 cm³/mol. The van der Waals surface area contributed by atoms with Crippen molar-refractivity contribution >= 4 is 28.1 Å². The average Bonchev–Trinajstić information content (AvgIpc) is 3.12. The fraction of sp³-hybridized carbons (Fsp3) is 0.263. The Morgan fingerprint density at radius 1 is 1.11 bits per heavy atom. The number of para-hydroxylation sites is 1. The summed E-state index contributed by atoms with van der Waals surface area (Å²) in [6.07, 6.45) is 2.74. The minimum Gasteiger partial charge on any atom is -0.334 e. The first-order valence-corrected chi connectivity index (χ1v) is 10.2. The lowest BCUT2D eigenvalue weighted by molar-refractivity contribution is 0.229. The zero-order chi connectivity index (χ0) is 19.1. The Morgan fingerprint density at radius 2 is 1.79 bits per heavy atom. The van der Waals surface area contributed by atoms with E-state index < -0.39 is 15.6 Å². The first kappa shape index (κ1) is 20.3. The van der Waals surface area contributed by atoms with E-state index in [4.69, 9.17) is 10.3 Å². The van der Waals surface area contributed by atoms with Crippen molar-refractivity contribution in [1.82, 2.24) is 10.1 Å². The van der Waals surface area contributed by atoms with E-state index in [1.807, 2.05) is 19.1 Å². The van der Waals surface area contributed by atoms with Gasteiger partial charge in [0.15, 0.2) is 5.82 Å². The average molecular weight is 421 g/mol. The molecule has 1 aliphatic carbocycles. The molecule has 4 rings (SSSR count). The quantitative estimate of drug-likeness (QED) is 0.652. The van der Waals surface area contributed by atoms with E-state index >= 15 is 0 Å². The molecular weight excluding hydrogens is 400 g/mol. The molecule has 0 unspecified atom stereocenters. The van der Waals surface area contributed by atoms with Crippen molar-refractivity contribution in [2.24, 2.45) is 5.73 Å². The number of aryl methyl sites for hydroxylation is 1. The smallest absolute Gasteiger partial charge is 0.261 e. The molecule has 0 atom stereocenters. The summed E-state index contributed by atoms with van der Waals surface area (Å²) in [5.41, 5.74) is 7.76. The molecule has 1 aromatic heterocycles.